The minimum absolute atomic E-state index is 0.0630. The Bertz CT molecular complexity index is 1070. The molecule has 3 rings (SSSR count). The van der Waals surface area contributed by atoms with Crippen LogP contribution in [0.2, 0.25) is 0 Å². The summed E-state index contributed by atoms with van der Waals surface area (Å²) in [6, 6.07) is 16.0. The van der Waals surface area contributed by atoms with Crippen LogP contribution in [0, 0.1) is 6.92 Å². The van der Waals surface area contributed by atoms with Crippen molar-refractivity contribution in [3.05, 3.63) is 66.1 Å². The molecule has 0 aliphatic heterocycles. The van der Waals surface area contributed by atoms with E-state index in [0.29, 0.717) is 35.1 Å². The zero-order valence-electron chi connectivity index (χ0n) is 16.3. The van der Waals surface area contributed by atoms with Crippen molar-refractivity contribution in [1.82, 2.24) is 4.98 Å². The van der Waals surface area contributed by atoms with Gasteiger partial charge in [-0.2, -0.15) is 0 Å². The molecule has 152 valence electrons. The zero-order chi connectivity index (χ0) is 20.9. The van der Waals surface area contributed by atoms with E-state index in [-0.39, 0.29) is 18.1 Å². The van der Waals surface area contributed by atoms with Crippen LogP contribution in [0.4, 0.5) is 11.4 Å². The molecule has 0 atom stereocenters. The van der Waals surface area contributed by atoms with Gasteiger partial charge in [-0.25, -0.2) is 13.4 Å². The van der Waals surface area contributed by atoms with Crippen molar-refractivity contribution >= 4 is 27.3 Å². The van der Waals surface area contributed by atoms with Crippen molar-refractivity contribution < 1.29 is 17.6 Å². The molecule has 1 amide bonds. The maximum Gasteiger partial charge on any atom is 0.232 e. The normalized spacial score (nSPS) is 11.2. The minimum atomic E-state index is -3.34. The lowest BCUT2D eigenvalue weighted by Crippen LogP contribution is -2.17. The monoisotopic (exact) mass is 413 g/mol. The lowest BCUT2D eigenvalue weighted by molar-refractivity contribution is -0.115. The van der Waals surface area contributed by atoms with Crippen LogP contribution in [0.15, 0.2) is 59.0 Å². The number of hydrogen-bond acceptors (Lipinski definition) is 5. The zero-order valence-corrected chi connectivity index (χ0v) is 17.1. The fourth-order valence-electron chi connectivity index (χ4n) is 2.77. The second-order valence-corrected chi connectivity index (χ2v) is 8.45. The first-order chi connectivity index (χ1) is 13.9. The Hall–Kier alpha value is -3.13. The van der Waals surface area contributed by atoms with E-state index >= 15 is 0 Å². The molecule has 0 saturated heterocycles. The Morgan fingerprint density at radius 3 is 2.34 bits per heavy atom. The number of amides is 1. The molecule has 3 aromatic rings. The number of carbonyl (C=O) groups is 1. The molecule has 0 unspecified atom stereocenters. The first-order valence-corrected chi connectivity index (χ1v) is 10.9. The topological polar surface area (TPSA) is 101 Å². The molecule has 0 spiro atoms. The third-order valence-corrected chi connectivity index (χ3v) is 5.65. The molecule has 0 saturated carbocycles. The second kappa shape index (κ2) is 8.91. The Balaban J connectivity index is 1.62. The van der Waals surface area contributed by atoms with Crippen LogP contribution in [0.1, 0.15) is 24.8 Å². The first kappa shape index (κ1) is 20.6. The van der Waals surface area contributed by atoms with Crippen molar-refractivity contribution in [3.63, 3.8) is 0 Å². The number of hydrogen-bond donors (Lipinski definition) is 2. The SMILES string of the molecule is CCCS(=O)(=O)Nc1ccc(NC(=O)Cc2nc(-c3ccccc3)oc2C)cc1. The highest BCUT2D eigenvalue weighted by molar-refractivity contribution is 7.92. The number of oxazole rings is 1. The van der Waals surface area contributed by atoms with Crippen molar-refractivity contribution in [2.75, 3.05) is 15.8 Å². The molecular formula is C21H23N3O4S. The van der Waals surface area contributed by atoms with E-state index in [0.717, 1.165) is 5.56 Å². The van der Waals surface area contributed by atoms with Crippen LogP contribution in [-0.4, -0.2) is 25.1 Å². The predicted molar refractivity (Wildman–Crippen MR) is 113 cm³/mol. The third-order valence-electron chi connectivity index (χ3n) is 4.16. The van der Waals surface area contributed by atoms with E-state index in [1.807, 2.05) is 30.3 Å². The summed E-state index contributed by atoms with van der Waals surface area (Å²) in [6.45, 7) is 3.58. The fourth-order valence-corrected chi connectivity index (χ4v) is 3.91. The van der Waals surface area contributed by atoms with Gasteiger partial charge in [0.1, 0.15) is 5.76 Å². The average molecular weight is 413 g/mol. The number of anilines is 2. The third kappa shape index (κ3) is 5.68. The second-order valence-electron chi connectivity index (χ2n) is 6.61. The van der Waals surface area contributed by atoms with E-state index in [1.54, 1.807) is 38.1 Å². The summed E-state index contributed by atoms with van der Waals surface area (Å²) in [5, 5.41) is 2.78. The van der Waals surface area contributed by atoms with Gasteiger partial charge >= 0.3 is 0 Å². The van der Waals surface area contributed by atoms with E-state index in [2.05, 4.69) is 15.0 Å². The van der Waals surface area contributed by atoms with Crippen LogP contribution >= 0.6 is 0 Å². The largest absolute Gasteiger partial charge is 0.441 e. The van der Waals surface area contributed by atoms with Crippen LogP contribution in [0.25, 0.3) is 11.5 Å². The molecule has 0 fully saturated rings. The summed E-state index contributed by atoms with van der Waals surface area (Å²) in [5.41, 5.74) is 2.45. The predicted octanol–water partition coefficient (Wildman–Crippen LogP) is 3.98. The molecule has 0 aliphatic carbocycles. The van der Waals surface area contributed by atoms with Gasteiger partial charge in [0, 0.05) is 16.9 Å². The van der Waals surface area contributed by atoms with Gasteiger partial charge in [-0.1, -0.05) is 25.1 Å². The fraction of sp³-hybridized carbons (Fsp3) is 0.238. The summed E-state index contributed by atoms with van der Waals surface area (Å²) in [7, 11) is -3.34. The van der Waals surface area contributed by atoms with Crippen molar-refractivity contribution in [1.29, 1.82) is 0 Å². The van der Waals surface area contributed by atoms with Crippen LogP contribution in [-0.2, 0) is 21.2 Å². The summed E-state index contributed by atoms with van der Waals surface area (Å²) >= 11 is 0. The van der Waals surface area contributed by atoms with Crippen molar-refractivity contribution in [2.24, 2.45) is 0 Å². The van der Waals surface area contributed by atoms with E-state index in [9.17, 15) is 13.2 Å². The van der Waals surface area contributed by atoms with Gasteiger partial charge < -0.3 is 9.73 Å². The molecule has 2 N–H and O–H groups in total. The highest BCUT2D eigenvalue weighted by Crippen LogP contribution is 2.22. The molecule has 0 aliphatic rings. The molecule has 2 aromatic carbocycles. The van der Waals surface area contributed by atoms with Crippen molar-refractivity contribution in [2.45, 2.75) is 26.7 Å². The molecule has 7 nitrogen and oxygen atoms in total. The molecule has 8 heteroatoms. The van der Waals surface area contributed by atoms with Gasteiger partial charge in [-0.15, -0.1) is 0 Å². The molecule has 1 aromatic heterocycles. The lowest BCUT2D eigenvalue weighted by Gasteiger charge is -2.08. The summed E-state index contributed by atoms with van der Waals surface area (Å²) < 4.78 is 31.8. The number of rotatable bonds is 8. The van der Waals surface area contributed by atoms with Gasteiger partial charge in [0.05, 0.1) is 17.9 Å². The Morgan fingerprint density at radius 2 is 1.69 bits per heavy atom. The maximum absolute atomic E-state index is 12.4. The van der Waals surface area contributed by atoms with Crippen molar-refractivity contribution in [3.8, 4) is 11.5 Å². The lowest BCUT2D eigenvalue weighted by atomic mass is 10.2. The van der Waals surface area contributed by atoms with E-state index < -0.39 is 10.0 Å². The number of nitrogens with zero attached hydrogens (tertiary/aromatic N) is 1. The highest BCUT2D eigenvalue weighted by atomic mass is 32.2. The number of carbonyl (C=O) groups excluding carboxylic acids is 1. The Kier molecular flexibility index (Phi) is 6.33. The molecular weight excluding hydrogens is 390 g/mol. The summed E-state index contributed by atoms with van der Waals surface area (Å²) in [4.78, 5) is 16.8. The Morgan fingerprint density at radius 1 is 1.03 bits per heavy atom. The van der Waals surface area contributed by atoms with Gasteiger partial charge in [0.25, 0.3) is 0 Å². The summed E-state index contributed by atoms with van der Waals surface area (Å²) in [5.74, 6) is 0.905. The van der Waals surface area contributed by atoms with Gasteiger partial charge in [0.15, 0.2) is 0 Å². The number of sulfonamides is 1. The standard InChI is InChI=1S/C21H23N3O4S/c1-3-13-29(26,27)24-18-11-9-17(10-12-18)22-20(25)14-19-15(2)28-21(23-19)16-7-5-4-6-8-16/h4-12,24H,3,13-14H2,1-2H3,(H,22,25). The van der Waals surface area contributed by atoms with Crippen LogP contribution < -0.4 is 10.0 Å². The molecule has 29 heavy (non-hydrogen) atoms. The quantitative estimate of drug-likeness (QED) is 0.582. The maximum atomic E-state index is 12.4. The molecule has 0 radical (unpaired) electrons. The highest BCUT2D eigenvalue weighted by Gasteiger charge is 2.15. The van der Waals surface area contributed by atoms with Gasteiger partial charge in [-0.3, -0.25) is 9.52 Å². The number of aromatic nitrogens is 1. The van der Waals surface area contributed by atoms with Crippen LogP contribution in [0.5, 0.6) is 0 Å². The average Bonchev–Trinajstić information content (AvgIpc) is 3.04. The Labute approximate surface area is 170 Å². The minimum Gasteiger partial charge on any atom is -0.441 e. The number of benzene rings is 2. The smallest absolute Gasteiger partial charge is 0.232 e. The van der Waals surface area contributed by atoms with Crippen LogP contribution in [0.3, 0.4) is 0 Å². The van der Waals surface area contributed by atoms with Gasteiger partial charge in [-0.05, 0) is 49.7 Å². The van der Waals surface area contributed by atoms with E-state index in [4.69, 9.17) is 4.42 Å². The van der Waals surface area contributed by atoms with E-state index in [1.165, 1.54) is 0 Å². The first-order valence-electron chi connectivity index (χ1n) is 9.28. The van der Waals surface area contributed by atoms with Gasteiger partial charge in [0.2, 0.25) is 21.8 Å². The summed E-state index contributed by atoms with van der Waals surface area (Å²) in [6.07, 6.45) is 0.615. The molecule has 0 bridgehead atoms. The number of aryl methyl sites for hydroxylation is 1. The molecule has 1 heterocycles. The number of nitrogens with one attached hydrogen (secondary N) is 2.